The predicted molar refractivity (Wildman–Crippen MR) is 272 cm³/mol. The van der Waals surface area contributed by atoms with Gasteiger partial charge in [-0.15, -0.1) is 0 Å². The van der Waals surface area contributed by atoms with E-state index in [2.05, 4.69) is 195 Å². The van der Waals surface area contributed by atoms with Crippen LogP contribution in [-0.4, -0.2) is 9.52 Å². The van der Waals surface area contributed by atoms with E-state index >= 15 is 0 Å². The van der Waals surface area contributed by atoms with Crippen LogP contribution < -0.4 is 13.6 Å². The van der Waals surface area contributed by atoms with Gasteiger partial charge in [0.1, 0.15) is 0 Å². The maximum atomic E-state index is 9.53. The van der Waals surface area contributed by atoms with E-state index in [4.69, 9.17) is 0 Å². The third kappa shape index (κ3) is 7.58. The molecule has 0 saturated heterocycles. The van der Waals surface area contributed by atoms with Crippen molar-refractivity contribution in [1.82, 2.24) is 0 Å². The zero-order chi connectivity index (χ0) is 43.5. The van der Waals surface area contributed by atoms with Gasteiger partial charge in [0.15, 0.2) is 0 Å². The van der Waals surface area contributed by atoms with Crippen molar-refractivity contribution in [3.05, 3.63) is 172 Å². The van der Waals surface area contributed by atoms with Gasteiger partial charge in [-0.1, -0.05) is 0 Å². The Kier molecular flexibility index (Phi) is 12.1. The van der Waals surface area contributed by atoms with Gasteiger partial charge in [-0.05, 0) is 0 Å². The van der Waals surface area contributed by atoms with Crippen molar-refractivity contribution in [1.29, 1.82) is 0 Å². The summed E-state index contributed by atoms with van der Waals surface area (Å²) in [6.45, 7) is 18.8. The molecule has 0 aromatic heterocycles. The molecule has 317 valence electrons. The molecule has 2 unspecified atom stereocenters. The zero-order valence-corrected chi connectivity index (χ0v) is 43.4. The second-order valence-electron chi connectivity index (χ2n) is 20.5. The summed E-state index contributed by atoms with van der Waals surface area (Å²) >= 11 is -5.72. The Bertz CT molecular complexity index is 2580. The van der Waals surface area contributed by atoms with E-state index in [0.29, 0.717) is 23.7 Å². The van der Waals surface area contributed by atoms with Crippen molar-refractivity contribution < 1.29 is 16.4 Å². The number of hydrogen-bond donors (Lipinski definition) is 0. The first-order valence-electron chi connectivity index (χ1n) is 23.4. The molecule has 9 rings (SSSR count). The van der Waals surface area contributed by atoms with Crippen LogP contribution in [0.1, 0.15) is 109 Å². The normalized spacial score (nSPS) is 17.6. The van der Waals surface area contributed by atoms with E-state index in [1.165, 1.54) is 91.6 Å². The van der Waals surface area contributed by atoms with Crippen LogP contribution in [0.25, 0.3) is 45.5 Å². The number of benzene rings is 6. The monoisotopic (exact) mass is 947 g/mol. The number of rotatable bonds is 13. The average Bonchev–Trinajstić information content (AvgIpc) is 3.92. The number of hydrogen-bond acceptors (Lipinski definition) is 0. The van der Waals surface area contributed by atoms with Gasteiger partial charge in [0.05, 0.1) is 0 Å². The van der Waals surface area contributed by atoms with Crippen LogP contribution in [0.4, 0.5) is 0 Å². The molecule has 2 aliphatic carbocycles. The molecule has 0 bridgehead atoms. The van der Waals surface area contributed by atoms with E-state index in [0.717, 1.165) is 25.7 Å². The van der Waals surface area contributed by atoms with Gasteiger partial charge in [0, 0.05) is 0 Å². The Morgan fingerprint density at radius 1 is 0.468 bits per heavy atom. The summed E-state index contributed by atoms with van der Waals surface area (Å²) in [6.07, 6.45) is 9.11. The second-order valence-corrected chi connectivity index (χ2v) is 42.9. The van der Waals surface area contributed by atoms with Crippen LogP contribution in [0, 0.1) is 23.7 Å². The van der Waals surface area contributed by atoms with Crippen molar-refractivity contribution in [2.45, 2.75) is 88.3 Å². The fraction of sp³-hybridized carbons (Fsp3) is 0.310. The first kappa shape index (κ1) is 43.7. The summed E-state index contributed by atoms with van der Waals surface area (Å²) in [5, 5.41) is 2.99. The summed E-state index contributed by atoms with van der Waals surface area (Å²) in [5.74, 6) is 1.92. The van der Waals surface area contributed by atoms with Crippen LogP contribution in [0.2, 0.25) is 0 Å². The van der Waals surface area contributed by atoms with E-state index < -0.39 is 25.9 Å². The Balaban J connectivity index is 1.40. The molecule has 1 aliphatic heterocycles. The zero-order valence-electron chi connectivity index (χ0n) is 38.0. The standard InChI is InChI=1S/2C23H27.C12H9Si.2ClH.Zr/c2*1-16(2)12-18-14-20-10-11-21(13-17(3)4)23(22(20)15-18)19-8-6-5-7-9-19;1-3-7-11-9(5-1)10-6-2-4-8-12(10)13-11;;;/h2*5-11,14-17H,12-13H2,1-4H3;1-7H,13H2;2*1H;/q;;;;;+2/p-2. The van der Waals surface area contributed by atoms with Gasteiger partial charge in [-0.3, -0.25) is 0 Å². The van der Waals surface area contributed by atoms with Crippen LogP contribution in [0.5, 0.6) is 0 Å². The van der Waals surface area contributed by atoms with Crippen LogP contribution >= 0.6 is 17.0 Å². The fourth-order valence-corrected chi connectivity index (χ4v) is 39.7. The Morgan fingerprint density at radius 2 is 0.903 bits per heavy atom. The van der Waals surface area contributed by atoms with E-state index in [1.807, 2.05) is 0 Å². The minimum atomic E-state index is -5.72. The van der Waals surface area contributed by atoms with Crippen molar-refractivity contribution in [3.8, 4) is 33.4 Å². The molecule has 6 aromatic rings. The first-order valence-corrected chi connectivity index (χ1v) is 35.2. The molecule has 0 spiro atoms. The number of allylic oxidation sites excluding steroid dienone is 2. The van der Waals surface area contributed by atoms with E-state index in [1.54, 1.807) is 0 Å². The van der Waals surface area contributed by atoms with Crippen LogP contribution in [-0.2, 0) is 29.2 Å². The fourth-order valence-electron chi connectivity index (χ4n) is 11.9. The minimum absolute atomic E-state index is 0.0982. The molecule has 0 fully saturated rings. The summed E-state index contributed by atoms with van der Waals surface area (Å²) in [6, 6.07) is 48.3. The first-order chi connectivity index (χ1) is 29.7. The summed E-state index contributed by atoms with van der Waals surface area (Å²) in [4.78, 5) is 0. The van der Waals surface area contributed by atoms with Crippen molar-refractivity contribution in [2.75, 3.05) is 0 Å². The van der Waals surface area contributed by atoms with Gasteiger partial charge >= 0.3 is 386 Å². The van der Waals surface area contributed by atoms with Crippen molar-refractivity contribution >= 4 is 52.3 Å². The Hall–Kier alpha value is -3.52. The molecule has 0 N–H and O–H groups in total. The summed E-state index contributed by atoms with van der Waals surface area (Å²) < 4.78 is 1.12. The van der Waals surface area contributed by atoms with Gasteiger partial charge in [0.25, 0.3) is 0 Å². The Morgan fingerprint density at radius 3 is 1.37 bits per heavy atom. The molecule has 62 heavy (non-hydrogen) atoms. The Labute approximate surface area is 383 Å². The van der Waals surface area contributed by atoms with Gasteiger partial charge in [-0.25, -0.2) is 0 Å². The molecule has 2 atom stereocenters. The SMILES string of the molecule is CC(C)CC1=Cc2c(ccc(CC(C)C)c2-c2ccccc2)[CH]1[Zr]([Cl])([Cl])([c]1cccc2c1[SiH2]c1ccccc1-2)[CH]1C(CC(C)C)=Cc2c1ccc(CC(C)C)c2-c1ccccc1. The van der Waals surface area contributed by atoms with Gasteiger partial charge in [-0.2, -0.15) is 0 Å². The molecule has 0 saturated carbocycles. The number of fused-ring (bicyclic) bond motifs is 5. The maximum absolute atomic E-state index is 9.53. The molecule has 0 amide bonds. The third-order valence-electron chi connectivity index (χ3n) is 13.8. The quantitative estimate of drug-likeness (QED) is 0.101. The molecular formula is C58H63Cl2SiZr. The van der Waals surface area contributed by atoms with Crippen LogP contribution in [0.15, 0.2) is 139 Å². The molecule has 3 aliphatic rings. The second kappa shape index (κ2) is 17.1. The topological polar surface area (TPSA) is 0 Å². The third-order valence-corrected chi connectivity index (χ3v) is 36.6. The molecule has 6 aromatic carbocycles. The number of halogens is 2. The molecule has 0 radical (unpaired) electrons. The van der Waals surface area contributed by atoms with Crippen LogP contribution in [0.3, 0.4) is 0 Å². The predicted octanol–water partition coefficient (Wildman–Crippen LogP) is 14.5. The molecule has 4 heteroatoms. The molecule has 1 heterocycles. The van der Waals surface area contributed by atoms with E-state index in [-0.39, 0.29) is 7.25 Å². The van der Waals surface area contributed by atoms with E-state index in [9.17, 15) is 17.0 Å². The van der Waals surface area contributed by atoms with Crippen molar-refractivity contribution in [2.24, 2.45) is 23.7 Å². The van der Waals surface area contributed by atoms with Crippen molar-refractivity contribution in [3.63, 3.8) is 0 Å². The average molecular weight is 950 g/mol. The molecule has 0 nitrogen and oxygen atoms in total. The molecular weight excluding hydrogens is 887 g/mol. The van der Waals surface area contributed by atoms with Gasteiger partial charge in [0.2, 0.25) is 0 Å². The van der Waals surface area contributed by atoms with Gasteiger partial charge < -0.3 is 0 Å². The summed E-state index contributed by atoms with van der Waals surface area (Å²) in [5.41, 5.74) is 19.1. The summed E-state index contributed by atoms with van der Waals surface area (Å²) in [7, 11) is 18.2.